The lowest BCUT2D eigenvalue weighted by atomic mass is 10.1. The van der Waals surface area contributed by atoms with Gasteiger partial charge in [-0.1, -0.05) is 57.6 Å². The van der Waals surface area contributed by atoms with E-state index in [0.717, 1.165) is 10.0 Å². The number of nitrogens with one attached hydrogen (secondary N) is 1. The van der Waals surface area contributed by atoms with E-state index in [-0.39, 0.29) is 5.91 Å². The predicted octanol–water partition coefficient (Wildman–Crippen LogP) is 6.91. The number of carbonyl (C=O) groups excluding carboxylic acids is 1. The Balaban J connectivity index is 1.76. The van der Waals surface area contributed by atoms with Crippen LogP contribution in [0, 0.1) is 11.3 Å². The lowest BCUT2D eigenvalue weighted by molar-refractivity contribution is 0.102. The van der Waals surface area contributed by atoms with Crippen molar-refractivity contribution in [3.63, 3.8) is 0 Å². The number of allylic oxidation sites excluding steroid dienone is 1. The SMILES string of the molecule is COc1ccc(C=C(C#N)c2nc(-c3ccccc3)c(NC(=O)c3ccc(Br)cc3)s2)c(OC)c1. The van der Waals surface area contributed by atoms with Crippen LogP contribution in [-0.4, -0.2) is 25.1 Å². The van der Waals surface area contributed by atoms with E-state index in [1.54, 1.807) is 44.6 Å². The Kier molecular flexibility index (Phi) is 7.60. The topological polar surface area (TPSA) is 84.2 Å². The van der Waals surface area contributed by atoms with Gasteiger partial charge in [0.05, 0.1) is 19.8 Å². The molecule has 4 aromatic rings. The van der Waals surface area contributed by atoms with Crippen molar-refractivity contribution in [2.75, 3.05) is 19.5 Å². The van der Waals surface area contributed by atoms with E-state index < -0.39 is 0 Å². The van der Waals surface area contributed by atoms with Gasteiger partial charge < -0.3 is 14.8 Å². The van der Waals surface area contributed by atoms with Crippen LogP contribution in [-0.2, 0) is 0 Å². The molecule has 0 saturated heterocycles. The first kappa shape index (κ1) is 24.2. The minimum atomic E-state index is -0.260. The number of nitriles is 1. The molecule has 3 aromatic carbocycles. The number of methoxy groups -OCH3 is 2. The van der Waals surface area contributed by atoms with Crippen LogP contribution in [0.3, 0.4) is 0 Å². The number of anilines is 1. The van der Waals surface area contributed by atoms with Crippen LogP contribution in [0.25, 0.3) is 22.9 Å². The van der Waals surface area contributed by atoms with Crippen LogP contribution in [0.4, 0.5) is 5.00 Å². The molecule has 0 aliphatic heterocycles. The maximum atomic E-state index is 12.9. The second kappa shape index (κ2) is 11.0. The van der Waals surface area contributed by atoms with Gasteiger partial charge in [-0.25, -0.2) is 4.98 Å². The molecule has 1 heterocycles. The molecule has 1 amide bonds. The average Bonchev–Trinajstić information content (AvgIpc) is 3.31. The molecule has 35 heavy (non-hydrogen) atoms. The molecule has 0 aliphatic carbocycles. The predicted molar refractivity (Wildman–Crippen MR) is 143 cm³/mol. The Hall–Kier alpha value is -3.93. The molecule has 4 rings (SSSR count). The van der Waals surface area contributed by atoms with Crippen molar-refractivity contribution in [2.45, 2.75) is 0 Å². The van der Waals surface area contributed by atoms with E-state index in [2.05, 4.69) is 27.3 Å². The summed E-state index contributed by atoms with van der Waals surface area (Å²) in [6, 6.07) is 24.2. The molecular formula is C27H20BrN3O3S. The molecule has 0 spiro atoms. The Morgan fingerprint density at radius 2 is 1.80 bits per heavy atom. The first-order valence-electron chi connectivity index (χ1n) is 10.5. The number of hydrogen-bond acceptors (Lipinski definition) is 6. The highest BCUT2D eigenvalue weighted by molar-refractivity contribution is 9.10. The van der Waals surface area contributed by atoms with E-state index in [1.165, 1.54) is 11.3 Å². The lowest BCUT2D eigenvalue weighted by Crippen LogP contribution is -2.11. The number of thiazole rings is 1. The second-order valence-electron chi connectivity index (χ2n) is 7.30. The summed E-state index contributed by atoms with van der Waals surface area (Å²) in [6.07, 6.45) is 1.71. The number of hydrogen-bond donors (Lipinski definition) is 1. The molecule has 174 valence electrons. The molecule has 8 heteroatoms. The highest BCUT2D eigenvalue weighted by atomic mass is 79.9. The largest absolute Gasteiger partial charge is 0.497 e. The van der Waals surface area contributed by atoms with E-state index >= 15 is 0 Å². The zero-order valence-corrected chi connectivity index (χ0v) is 21.3. The van der Waals surface area contributed by atoms with Crippen LogP contribution in [0.1, 0.15) is 20.9 Å². The highest BCUT2D eigenvalue weighted by Gasteiger charge is 2.19. The number of nitrogens with zero attached hydrogens (tertiary/aromatic N) is 2. The van der Waals surface area contributed by atoms with Crippen molar-refractivity contribution >= 4 is 49.8 Å². The van der Waals surface area contributed by atoms with Gasteiger partial charge in [-0.15, -0.1) is 0 Å². The first-order valence-corrected chi connectivity index (χ1v) is 12.1. The molecule has 0 unspecified atom stereocenters. The van der Waals surface area contributed by atoms with Gasteiger partial charge >= 0.3 is 0 Å². The number of rotatable bonds is 7. The number of aromatic nitrogens is 1. The first-order chi connectivity index (χ1) is 17.0. The summed E-state index contributed by atoms with van der Waals surface area (Å²) >= 11 is 4.63. The van der Waals surface area contributed by atoms with Crippen LogP contribution in [0.15, 0.2) is 77.3 Å². The molecule has 0 saturated carbocycles. The number of halogens is 1. The summed E-state index contributed by atoms with van der Waals surface area (Å²) in [5.74, 6) is 0.959. The van der Waals surface area contributed by atoms with E-state index in [9.17, 15) is 10.1 Å². The van der Waals surface area contributed by atoms with Gasteiger partial charge in [0.1, 0.15) is 33.3 Å². The van der Waals surface area contributed by atoms with Crippen molar-refractivity contribution in [1.29, 1.82) is 5.26 Å². The number of amides is 1. The van der Waals surface area contributed by atoms with Crippen molar-refractivity contribution in [1.82, 2.24) is 4.98 Å². The Labute approximate surface area is 215 Å². The smallest absolute Gasteiger partial charge is 0.256 e. The second-order valence-corrected chi connectivity index (χ2v) is 9.22. The van der Waals surface area contributed by atoms with Gasteiger partial charge in [-0.2, -0.15) is 5.26 Å². The zero-order chi connectivity index (χ0) is 24.8. The van der Waals surface area contributed by atoms with Gasteiger partial charge in [-0.05, 0) is 42.5 Å². The Morgan fingerprint density at radius 1 is 1.06 bits per heavy atom. The maximum Gasteiger partial charge on any atom is 0.256 e. The van der Waals surface area contributed by atoms with Gasteiger partial charge in [0, 0.05) is 27.2 Å². The van der Waals surface area contributed by atoms with Crippen molar-refractivity contribution in [2.24, 2.45) is 0 Å². The molecule has 0 radical (unpaired) electrons. The van der Waals surface area contributed by atoms with Crippen molar-refractivity contribution in [3.8, 4) is 28.8 Å². The summed E-state index contributed by atoms with van der Waals surface area (Å²) in [5.41, 5.74) is 3.00. The summed E-state index contributed by atoms with van der Waals surface area (Å²) in [4.78, 5) is 17.7. The van der Waals surface area contributed by atoms with E-state index in [4.69, 9.17) is 14.5 Å². The fourth-order valence-electron chi connectivity index (χ4n) is 3.32. The third-order valence-electron chi connectivity index (χ3n) is 5.10. The van der Waals surface area contributed by atoms with Gasteiger partial charge in [0.25, 0.3) is 5.91 Å². The van der Waals surface area contributed by atoms with Gasteiger partial charge in [0.2, 0.25) is 0 Å². The summed E-state index contributed by atoms with van der Waals surface area (Å²) in [7, 11) is 3.14. The summed E-state index contributed by atoms with van der Waals surface area (Å²) < 4.78 is 11.6. The minimum absolute atomic E-state index is 0.260. The molecule has 0 bridgehead atoms. The molecule has 6 nitrogen and oxygen atoms in total. The van der Waals surface area contributed by atoms with Crippen LogP contribution >= 0.6 is 27.3 Å². The fourth-order valence-corrected chi connectivity index (χ4v) is 4.54. The monoisotopic (exact) mass is 545 g/mol. The average molecular weight is 546 g/mol. The molecule has 0 aliphatic rings. The zero-order valence-electron chi connectivity index (χ0n) is 18.9. The molecule has 0 fully saturated rings. The standard InChI is InChI=1S/C27H20BrN3O3S/c1-33-22-13-10-19(23(15-22)34-2)14-20(16-29)26-30-24(17-6-4-3-5-7-17)27(35-26)31-25(32)18-8-11-21(28)12-9-18/h3-15H,1-2H3,(H,31,32). The van der Waals surface area contributed by atoms with Crippen molar-refractivity contribution in [3.05, 3.63) is 93.4 Å². The van der Waals surface area contributed by atoms with Gasteiger partial charge in [0.15, 0.2) is 0 Å². The van der Waals surface area contributed by atoms with Crippen LogP contribution in [0.5, 0.6) is 11.5 Å². The van der Waals surface area contributed by atoms with Crippen LogP contribution in [0.2, 0.25) is 0 Å². The lowest BCUT2D eigenvalue weighted by Gasteiger charge is -2.07. The van der Waals surface area contributed by atoms with E-state index in [0.29, 0.717) is 43.9 Å². The normalized spacial score (nSPS) is 11.0. The number of benzene rings is 3. The minimum Gasteiger partial charge on any atom is -0.497 e. The summed E-state index contributed by atoms with van der Waals surface area (Å²) in [6.45, 7) is 0. The fraction of sp³-hybridized carbons (Fsp3) is 0.0741. The number of carbonyl (C=O) groups is 1. The Bertz CT molecular complexity index is 1420. The van der Waals surface area contributed by atoms with Crippen LogP contribution < -0.4 is 14.8 Å². The van der Waals surface area contributed by atoms with Gasteiger partial charge in [-0.3, -0.25) is 4.79 Å². The molecule has 1 N–H and O–H groups in total. The molecule has 0 atom stereocenters. The Morgan fingerprint density at radius 3 is 2.46 bits per heavy atom. The quantitative estimate of drug-likeness (QED) is 0.255. The van der Waals surface area contributed by atoms with Crippen molar-refractivity contribution < 1.29 is 14.3 Å². The maximum absolute atomic E-state index is 12.9. The highest BCUT2D eigenvalue weighted by Crippen LogP contribution is 2.37. The third kappa shape index (κ3) is 5.60. The van der Waals surface area contributed by atoms with E-state index in [1.807, 2.05) is 48.5 Å². The summed E-state index contributed by atoms with van der Waals surface area (Å²) in [5, 5.41) is 14.0. The molecule has 1 aromatic heterocycles. The third-order valence-corrected chi connectivity index (χ3v) is 6.63. The molecular weight excluding hydrogens is 526 g/mol. The number of ether oxygens (including phenoxy) is 2.